The van der Waals surface area contributed by atoms with Gasteiger partial charge in [-0.25, -0.2) is 9.97 Å². The van der Waals surface area contributed by atoms with Crippen LogP contribution in [0.2, 0.25) is 0 Å². The van der Waals surface area contributed by atoms with E-state index >= 15 is 0 Å². The van der Waals surface area contributed by atoms with E-state index in [1.807, 2.05) is 12.1 Å². The molecule has 0 N–H and O–H groups in total. The van der Waals surface area contributed by atoms with Crippen molar-refractivity contribution in [3.8, 4) is 17.2 Å². The van der Waals surface area contributed by atoms with E-state index in [-0.39, 0.29) is 0 Å². The van der Waals surface area contributed by atoms with E-state index < -0.39 is 0 Å². The molecule has 0 aliphatic carbocycles. The second-order valence-corrected chi connectivity index (χ2v) is 9.45. The maximum absolute atomic E-state index is 5.25. The van der Waals surface area contributed by atoms with Crippen LogP contribution >= 0.6 is 0 Å². The number of hydrogen-bond acceptors (Lipinski definition) is 2. The Hall–Kier alpha value is -5.02. The molecule has 0 aliphatic rings. The van der Waals surface area contributed by atoms with Gasteiger partial charge in [-0.05, 0) is 28.3 Å². The lowest BCUT2D eigenvalue weighted by atomic mass is 10.0. The van der Waals surface area contributed by atoms with Crippen molar-refractivity contribution in [2.45, 2.75) is 0 Å². The fourth-order valence-corrected chi connectivity index (χ4v) is 5.74. The number of fused-ring (bicyclic) bond motifs is 8. The Morgan fingerprint density at radius 3 is 1.95 bits per heavy atom. The van der Waals surface area contributed by atoms with Gasteiger partial charge in [0, 0.05) is 27.1 Å². The Kier molecular flexibility index (Phi) is 4.23. The first-order valence-electron chi connectivity index (χ1n) is 12.5. The minimum atomic E-state index is 0.684. The van der Waals surface area contributed by atoms with E-state index in [0.717, 1.165) is 33.2 Å². The molecule has 0 radical (unpaired) electrons. The Morgan fingerprint density at radius 1 is 0.459 bits per heavy atom. The van der Waals surface area contributed by atoms with E-state index in [1.54, 1.807) is 0 Å². The smallest absolute Gasteiger partial charge is 0.235 e. The summed E-state index contributed by atoms with van der Waals surface area (Å²) in [6.45, 7) is 0. The fraction of sp³-hybridized carbons (Fsp3) is 0. The highest BCUT2D eigenvalue weighted by atomic mass is 15.2. The molecule has 0 bridgehead atoms. The van der Waals surface area contributed by atoms with Crippen LogP contribution < -0.4 is 0 Å². The van der Waals surface area contributed by atoms with Gasteiger partial charge in [0.15, 0.2) is 0 Å². The SMILES string of the molecule is c1ccc(-c2nc(-n3c4ccc5ccccc5c4c4ccc5ccccc5c43)nc3ccccc23)cc1. The Labute approximate surface area is 213 Å². The summed E-state index contributed by atoms with van der Waals surface area (Å²) >= 11 is 0. The van der Waals surface area contributed by atoms with Crippen molar-refractivity contribution in [1.29, 1.82) is 0 Å². The highest BCUT2D eigenvalue weighted by molar-refractivity contribution is 6.25. The monoisotopic (exact) mass is 471 g/mol. The van der Waals surface area contributed by atoms with Crippen LogP contribution in [0.1, 0.15) is 0 Å². The average Bonchev–Trinajstić information content (AvgIpc) is 3.32. The molecule has 172 valence electrons. The van der Waals surface area contributed by atoms with Crippen molar-refractivity contribution < 1.29 is 0 Å². The molecule has 0 aliphatic heterocycles. The van der Waals surface area contributed by atoms with Crippen LogP contribution in [0.15, 0.2) is 127 Å². The molecular formula is C34H21N3. The second kappa shape index (κ2) is 7.74. The van der Waals surface area contributed by atoms with Gasteiger partial charge in [0.05, 0.1) is 22.2 Å². The number of hydrogen-bond donors (Lipinski definition) is 0. The predicted molar refractivity (Wildman–Crippen MR) is 154 cm³/mol. The van der Waals surface area contributed by atoms with Gasteiger partial charge in [-0.3, -0.25) is 4.57 Å². The van der Waals surface area contributed by atoms with Crippen molar-refractivity contribution in [2.24, 2.45) is 0 Å². The highest BCUT2D eigenvalue weighted by Gasteiger charge is 2.20. The minimum Gasteiger partial charge on any atom is -0.277 e. The van der Waals surface area contributed by atoms with E-state index in [0.29, 0.717) is 5.95 Å². The van der Waals surface area contributed by atoms with Crippen LogP contribution in [0.3, 0.4) is 0 Å². The first-order valence-corrected chi connectivity index (χ1v) is 12.5. The Balaban J connectivity index is 1.60. The third-order valence-electron chi connectivity index (χ3n) is 7.38. The molecule has 0 spiro atoms. The summed E-state index contributed by atoms with van der Waals surface area (Å²) in [4.78, 5) is 10.4. The summed E-state index contributed by atoms with van der Waals surface area (Å²) in [7, 11) is 0. The molecule has 6 aromatic carbocycles. The quantitative estimate of drug-likeness (QED) is 0.252. The lowest BCUT2D eigenvalue weighted by Crippen LogP contribution is -2.03. The Morgan fingerprint density at radius 2 is 1.11 bits per heavy atom. The van der Waals surface area contributed by atoms with Crippen molar-refractivity contribution in [3.63, 3.8) is 0 Å². The summed E-state index contributed by atoms with van der Waals surface area (Å²) in [6.07, 6.45) is 0. The molecule has 8 aromatic rings. The third-order valence-corrected chi connectivity index (χ3v) is 7.38. The van der Waals surface area contributed by atoms with Crippen LogP contribution in [0.25, 0.3) is 71.5 Å². The molecule has 37 heavy (non-hydrogen) atoms. The van der Waals surface area contributed by atoms with Crippen molar-refractivity contribution in [2.75, 3.05) is 0 Å². The number of nitrogens with zero attached hydrogens (tertiary/aromatic N) is 3. The lowest BCUT2D eigenvalue weighted by Gasteiger charge is -2.12. The number of aromatic nitrogens is 3. The summed E-state index contributed by atoms with van der Waals surface area (Å²) in [5, 5.41) is 8.36. The molecule has 0 atom stereocenters. The van der Waals surface area contributed by atoms with Gasteiger partial charge in [0.25, 0.3) is 0 Å². The molecule has 8 rings (SSSR count). The van der Waals surface area contributed by atoms with Crippen LogP contribution in [0.5, 0.6) is 0 Å². The van der Waals surface area contributed by atoms with Gasteiger partial charge in [-0.2, -0.15) is 0 Å². The summed E-state index contributed by atoms with van der Waals surface area (Å²) in [5.74, 6) is 0.684. The van der Waals surface area contributed by atoms with Crippen molar-refractivity contribution >= 4 is 54.3 Å². The number of rotatable bonds is 2. The van der Waals surface area contributed by atoms with E-state index in [9.17, 15) is 0 Å². The van der Waals surface area contributed by atoms with Crippen LogP contribution in [-0.4, -0.2) is 14.5 Å². The topological polar surface area (TPSA) is 30.7 Å². The minimum absolute atomic E-state index is 0.684. The number of benzene rings is 6. The zero-order valence-electron chi connectivity index (χ0n) is 20.0. The van der Waals surface area contributed by atoms with E-state index in [1.165, 1.54) is 32.3 Å². The zero-order valence-corrected chi connectivity index (χ0v) is 20.0. The first-order chi connectivity index (χ1) is 18.4. The highest BCUT2D eigenvalue weighted by Crippen LogP contribution is 2.40. The molecule has 0 amide bonds. The molecule has 3 nitrogen and oxygen atoms in total. The molecule has 2 aromatic heterocycles. The maximum Gasteiger partial charge on any atom is 0.235 e. The van der Waals surface area contributed by atoms with Crippen molar-refractivity contribution in [3.05, 3.63) is 127 Å². The molecule has 0 saturated carbocycles. The fourth-order valence-electron chi connectivity index (χ4n) is 5.74. The van der Waals surface area contributed by atoms with E-state index in [4.69, 9.17) is 9.97 Å². The van der Waals surface area contributed by atoms with Crippen LogP contribution in [0, 0.1) is 0 Å². The van der Waals surface area contributed by atoms with Gasteiger partial charge in [0.2, 0.25) is 5.95 Å². The molecule has 2 heterocycles. The lowest BCUT2D eigenvalue weighted by molar-refractivity contribution is 1.02. The standard InChI is InChI=1S/C34H21N3/c1-2-12-24(13-3-1)32-27-16-8-9-17-29(27)35-34(36-32)37-30-21-19-22-10-4-6-14-25(22)31(30)28-20-18-23-11-5-7-15-26(23)33(28)37/h1-21H. The molecule has 3 heteroatoms. The van der Waals surface area contributed by atoms with Crippen molar-refractivity contribution in [1.82, 2.24) is 14.5 Å². The molecule has 0 fully saturated rings. The molecule has 0 saturated heterocycles. The summed E-state index contributed by atoms with van der Waals surface area (Å²) in [5.41, 5.74) is 5.20. The molecule has 0 unspecified atom stereocenters. The Bertz CT molecular complexity index is 2140. The zero-order chi connectivity index (χ0) is 24.3. The normalized spacial score (nSPS) is 11.8. The third kappa shape index (κ3) is 2.95. The predicted octanol–water partition coefficient (Wildman–Crippen LogP) is 8.70. The van der Waals surface area contributed by atoms with Gasteiger partial charge < -0.3 is 0 Å². The van der Waals surface area contributed by atoms with Gasteiger partial charge in [-0.1, -0.05) is 115 Å². The average molecular weight is 472 g/mol. The summed E-state index contributed by atoms with van der Waals surface area (Å²) in [6, 6.07) is 44.8. The number of para-hydroxylation sites is 1. The second-order valence-electron chi connectivity index (χ2n) is 9.45. The van der Waals surface area contributed by atoms with Crippen LogP contribution in [-0.2, 0) is 0 Å². The van der Waals surface area contributed by atoms with E-state index in [2.05, 4.69) is 120 Å². The van der Waals surface area contributed by atoms with Gasteiger partial charge >= 0.3 is 0 Å². The molecular weight excluding hydrogens is 450 g/mol. The van der Waals surface area contributed by atoms with Gasteiger partial charge in [-0.15, -0.1) is 0 Å². The first kappa shape index (κ1) is 20.2. The summed E-state index contributed by atoms with van der Waals surface area (Å²) < 4.78 is 2.26. The maximum atomic E-state index is 5.25. The van der Waals surface area contributed by atoms with Gasteiger partial charge in [0.1, 0.15) is 0 Å². The van der Waals surface area contributed by atoms with Crippen LogP contribution in [0.4, 0.5) is 0 Å². The largest absolute Gasteiger partial charge is 0.277 e.